The number of benzene rings is 3. The molecule has 0 aliphatic rings. The Hall–Kier alpha value is -3.72. The molecule has 0 unspecified atom stereocenters. The number of nitrogens with one attached hydrogen (secondary N) is 2. The van der Waals surface area contributed by atoms with Crippen LogP contribution in [-0.4, -0.2) is 37.8 Å². The zero-order valence-electron chi connectivity index (χ0n) is 17.6. The van der Waals surface area contributed by atoms with E-state index in [1.54, 1.807) is 31.3 Å². The van der Waals surface area contributed by atoms with Gasteiger partial charge in [0.1, 0.15) is 0 Å². The van der Waals surface area contributed by atoms with E-state index in [9.17, 15) is 9.59 Å². The Bertz CT molecular complexity index is 1250. The summed E-state index contributed by atoms with van der Waals surface area (Å²) in [5.74, 6) is -0.174. The minimum atomic E-state index is -0.181. The molecule has 4 rings (SSSR count). The maximum Gasteiger partial charge on any atom is 0.251 e. The minimum Gasteiger partial charge on any atom is -0.345 e. The largest absolute Gasteiger partial charge is 0.345 e. The molecular formula is C23H22N6O2S. The average Bonchev–Trinajstić information content (AvgIpc) is 3.22. The highest BCUT2D eigenvalue weighted by molar-refractivity contribution is 7.99. The Labute approximate surface area is 189 Å². The van der Waals surface area contributed by atoms with Crippen molar-refractivity contribution in [1.82, 2.24) is 25.5 Å². The van der Waals surface area contributed by atoms with Crippen molar-refractivity contribution in [3.63, 3.8) is 0 Å². The van der Waals surface area contributed by atoms with E-state index in [0.29, 0.717) is 16.4 Å². The van der Waals surface area contributed by atoms with Crippen molar-refractivity contribution in [2.75, 3.05) is 11.1 Å². The van der Waals surface area contributed by atoms with Crippen molar-refractivity contribution in [2.45, 2.75) is 18.1 Å². The summed E-state index contributed by atoms with van der Waals surface area (Å²) >= 11 is 1.25. The molecule has 162 valence electrons. The van der Waals surface area contributed by atoms with Crippen LogP contribution in [0.15, 0.2) is 71.9 Å². The molecule has 9 heteroatoms. The van der Waals surface area contributed by atoms with Crippen LogP contribution >= 0.6 is 11.8 Å². The lowest BCUT2D eigenvalue weighted by molar-refractivity contribution is -0.113. The fraction of sp³-hybridized carbons (Fsp3) is 0.174. The van der Waals surface area contributed by atoms with Gasteiger partial charge in [0.25, 0.3) is 5.91 Å². The number of amides is 2. The van der Waals surface area contributed by atoms with E-state index in [1.807, 2.05) is 31.2 Å². The van der Waals surface area contributed by atoms with E-state index in [0.717, 1.165) is 16.3 Å². The molecule has 0 bridgehead atoms. The van der Waals surface area contributed by atoms with Crippen molar-refractivity contribution in [3.8, 4) is 0 Å². The molecule has 2 amide bonds. The van der Waals surface area contributed by atoms with Crippen molar-refractivity contribution >= 4 is 40.0 Å². The van der Waals surface area contributed by atoms with Crippen LogP contribution in [0.1, 0.15) is 28.9 Å². The van der Waals surface area contributed by atoms with Gasteiger partial charge in [-0.15, -0.1) is 5.10 Å². The number of carbonyl (C=O) groups is 2. The zero-order chi connectivity index (χ0) is 22.5. The third-order valence-electron chi connectivity index (χ3n) is 4.98. The summed E-state index contributed by atoms with van der Waals surface area (Å²) in [5.41, 5.74) is 2.20. The summed E-state index contributed by atoms with van der Waals surface area (Å²) in [6.45, 7) is 1.97. The Balaban J connectivity index is 1.35. The van der Waals surface area contributed by atoms with Gasteiger partial charge in [-0.3, -0.25) is 9.59 Å². The van der Waals surface area contributed by atoms with Gasteiger partial charge < -0.3 is 10.6 Å². The summed E-state index contributed by atoms with van der Waals surface area (Å²) in [6, 6.07) is 20.9. The molecule has 3 aromatic carbocycles. The van der Waals surface area contributed by atoms with Crippen LogP contribution in [0.4, 0.5) is 5.69 Å². The minimum absolute atomic E-state index is 0.153. The topological polar surface area (TPSA) is 102 Å². The first-order valence-electron chi connectivity index (χ1n) is 10.0. The van der Waals surface area contributed by atoms with E-state index in [4.69, 9.17) is 0 Å². The third kappa shape index (κ3) is 4.94. The number of thioether (sulfide) groups is 1. The second-order valence-electron chi connectivity index (χ2n) is 7.26. The highest BCUT2D eigenvalue weighted by atomic mass is 32.2. The number of tetrazole rings is 1. The maximum atomic E-state index is 12.7. The van der Waals surface area contributed by atoms with Gasteiger partial charge in [-0.1, -0.05) is 54.2 Å². The number of hydrogen-bond donors (Lipinski definition) is 2. The van der Waals surface area contributed by atoms with Gasteiger partial charge in [-0.05, 0) is 58.0 Å². The number of carbonyl (C=O) groups excluding carboxylic acids is 2. The standard InChI is InChI=1S/C23H22N6O2S/c1-15(19-9-5-7-16-6-3-4-8-20(16)19)24-22(31)17-10-12-18(13-11-17)25-21(30)14-32-23-26-27-28-29(23)2/h3-13,15H,14H2,1-2H3,(H,24,31)(H,25,30)/t15-/m0/s1. The molecule has 1 atom stereocenters. The average molecular weight is 447 g/mol. The second-order valence-corrected chi connectivity index (χ2v) is 8.21. The van der Waals surface area contributed by atoms with Gasteiger partial charge in [0.05, 0.1) is 11.8 Å². The molecule has 0 saturated heterocycles. The number of aryl methyl sites for hydroxylation is 1. The fourth-order valence-corrected chi connectivity index (χ4v) is 4.01. The molecule has 8 nitrogen and oxygen atoms in total. The first-order chi connectivity index (χ1) is 15.5. The smallest absolute Gasteiger partial charge is 0.251 e. The maximum absolute atomic E-state index is 12.7. The summed E-state index contributed by atoms with van der Waals surface area (Å²) in [5, 5.41) is 19.8. The van der Waals surface area contributed by atoms with Gasteiger partial charge in [-0.25, -0.2) is 4.68 Å². The van der Waals surface area contributed by atoms with Crippen molar-refractivity contribution < 1.29 is 9.59 Å². The molecular weight excluding hydrogens is 424 g/mol. The number of aromatic nitrogens is 4. The monoisotopic (exact) mass is 446 g/mol. The van der Waals surface area contributed by atoms with Crippen LogP contribution in [0.5, 0.6) is 0 Å². The van der Waals surface area contributed by atoms with Crippen molar-refractivity contribution in [1.29, 1.82) is 0 Å². The molecule has 1 heterocycles. The molecule has 0 fully saturated rings. The summed E-state index contributed by atoms with van der Waals surface area (Å²) < 4.78 is 1.50. The normalized spacial score (nSPS) is 11.8. The SMILES string of the molecule is C[C@H](NC(=O)c1ccc(NC(=O)CSc2nnnn2C)cc1)c1cccc2ccccc12. The molecule has 0 saturated carbocycles. The van der Waals surface area contributed by atoms with Gasteiger partial charge in [-0.2, -0.15) is 0 Å². The molecule has 32 heavy (non-hydrogen) atoms. The Morgan fingerprint density at radius 1 is 1.03 bits per heavy atom. The molecule has 0 radical (unpaired) electrons. The first-order valence-corrected chi connectivity index (χ1v) is 11.0. The Morgan fingerprint density at radius 2 is 1.78 bits per heavy atom. The molecule has 4 aromatic rings. The van der Waals surface area contributed by atoms with E-state index < -0.39 is 0 Å². The van der Waals surface area contributed by atoms with E-state index in [-0.39, 0.29) is 23.6 Å². The van der Waals surface area contributed by atoms with Gasteiger partial charge in [0.2, 0.25) is 11.1 Å². The van der Waals surface area contributed by atoms with Crippen LogP contribution < -0.4 is 10.6 Å². The van der Waals surface area contributed by atoms with E-state index in [1.165, 1.54) is 16.4 Å². The van der Waals surface area contributed by atoms with Crippen LogP contribution in [0, 0.1) is 0 Å². The van der Waals surface area contributed by atoms with Crippen molar-refractivity contribution in [2.24, 2.45) is 7.05 Å². The Morgan fingerprint density at radius 3 is 2.53 bits per heavy atom. The molecule has 0 spiro atoms. The lowest BCUT2D eigenvalue weighted by Gasteiger charge is -2.17. The molecule has 0 aliphatic heterocycles. The summed E-state index contributed by atoms with van der Waals surface area (Å²) in [4.78, 5) is 24.9. The highest BCUT2D eigenvalue weighted by Gasteiger charge is 2.14. The number of nitrogens with zero attached hydrogens (tertiary/aromatic N) is 4. The van der Waals surface area contributed by atoms with E-state index >= 15 is 0 Å². The first kappa shape index (κ1) is 21.5. The van der Waals surface area contributed by atoms with Crippen LogP contribution in [0.25, 0.3) is 10.8 Å². The number of rotatable bonds is 7. The van der Waals surface area contributed by atoms with Gasteiger partial charge in [0, 0.05) is 18.3 Å². The van der Waals surface area contributed by atoms with Crippen LogP contribution in [-0.2, 0) is 11.8 Å². The predicted octanol–water partition coefficient (Wildman–Crippen LogP) is 3.59. The second kappa shape index (κ2) is 9.61. The number of fused-ring (bicyclic) bond motifs is 1. The quantitative estimate of drug-likeness (QED) is 0.421. The fourth-order valence-electron chi connectivity index (χ4n) is 3.36. The van der Waals surface area contributed by atoms with Crippen LogP contribution in [0.2, 0.25) is 0 Å². The molecule has 0 aliphatic carbocycles. The van der Waals surface area contributed by atoms with Crippen LogP contribution in [0.3, 0.4) is 0 Å². The van der Waals surface area contributed by atoms with Crippen molar-refractivity contribution in [3.05, 3.63) is 77.9 Å². The zero-order valence-corrected chi connectivity index (χ0v) is 18.5. The lowest BCUT2D eigenvalue weighted by atomic mass is 9.99. The van der Waals surface area contributed by atoms with Gasteiger partial charge in [0.15, 0.2) is 0 Å². The Kier molecular flexibility index (Phi) is 6.46. The molecule has 2 N–H and O–H groups in total. The van der Waals surface area contributed by atoms with E-state index in [2.05, 4.69) is 44.4 Å². The number of hydrogen-bond acceptors (Lipinski definition) is 6. The number of anilines is 1. The summed E-state index contributed by atoms with van der Waals surface area (Å²) in [7, 11) is 1.71. The predicted molar refractivity (Wildman–Crippen MR) is 124 cm³/mol. The lowest BCUT2D eigenvalue weighted by Crippen LogP contribution is -2.26. The van der Waals surface area contributed by atoms with Gasteiger partial charge >= 0.3 is 0 Å². The third-order valence-corrected chi connectivity index (χ3v) is 5.99. The molecule has 1 aromatic heterocycles. The highest BCUT2D eigenvalue weighted by Crippen LogP contribution is 2.24. The summed E-state index contributed by atoms with van der Waals surface area (Å²) in [6.07, 6.45) is 0.